The molecule has 0 aliphatic rings. The number of aliphatic carboxylic acids is 1. The van der Waals surface area contributed by atoms with Crippen LogP contribution in [0.2, 0.25) is 0 Å². The predicted octanol–water partition coefficient (Wildman–Crippen LogP) is 1.80. The molecule has 94 valence electrons. The van der Waals surface area contributed by atoms with Gasteiger partial charge in [-0.25, -0.2) is 9.78 Å². The van der Waals surface area contributed by atoms with Gasteiger partial charge in [-0.15, -0.1) is 11.3 Å². The van der Waals surface area contributed by atoms with Crippen LogP contribution in [0.5, 0.6) is 0 Å². The Morgan fingerprint density at radius 2 is 2.33 bits per heavy atom. The van der Waals surface area contributed by atoms with Crippen LogP contribution in [0.4, 0.5) is 0 Å². The molecule has 2 aromatic rings. The molecule has 0 saturated heterocycles. The molecule has 0 saturated carbocycles. The number of carbonyl (C=O) groups is 1. The summed E-state index contributed by atoms with van der Waals surface area (Å²) in [4.78, 5) is 27.0. The number of carboxylic acid groups (broad SMARTS) is 1. The fraction of sp³-hybridized carbons (Fsp3) is 0.250. The molecule has 0 fully saturated rings. The first-order chi connectivity index (χ1) is 8.50. The number of aryl methyl sites for hydroxylation is 1. The molecular weight excluding hydrogens is 252 g/mol. The second kappa shape index (κ2) is 4.73. The maximum Gasteiger partial charge on any atom is 0.331 e. The van der Waals surface area contributed by atoms with Crippen LogP contribution in [-0.4, -0.2) is 20.6 Å². The number of carboxylic acids is 1. The Morgan fingerprint density at radius 1 is 1.61 bits per heavy atom. The Labute approximate surface area is 107 Å². The molecular formula is C12H12N2O3S. The normalized spacial score (nSPS) is 12.0. The highest BCUT2D eigenvalue weighted by atomic mass is 32.1. The zero-order valence-electron chi connectivity index (χ0n) is 10.0. The van der Waals surface area contributed by atoms with Crippen molar-refractivity contribution >= 4 is 27.5 Å². The van der Waals surface area contributed by atoms with E-state index in [4.69, 9.17) is 5.11 Å². The highest BCUT2D eigenvalue weighted by Crippen LogP contribution is 2.19. The molecule has 2 aromatic heterocycles. The van der Waals surface area contributed by atoms with E-state index in [1.165, 1.54) is 35.2 Å². The van der Waals surface area contributed by atoms with Crippen molar-refractivity contribution in [3.8, 4) is 0 Å². The van der Waals surface area contributed by atoms with E-state index in [0.29, 0.717) is 4.70 Å². The minimum Gasteiger partial charge on any atom is -0.478 e. The van der Waals surface area contributed by atoms with Crippen molar-refractivity contribution in [3.05, 3.63) is 39.3 Å². The summed E-state index contributed by atoms with van der Waals surface area (Å²) >= 11 is 1.36. The van der Waals surface area contributed by atoms with Gasteiger partial charge in [0.25, 0.3) is 5.56 Å². The second-order valence-electron chi connectivity index (χ2n) is 3.99. The number of nitrogens with zero attached hydrogens (tertiary/aromatic N) is 2. The standard InChI is InChI=1S/C12H12N2O3S/c1-7(12(16)17)3-4-14-6-13-9-8(2)5-18-10(9)11(14)15/h3,5-6H,4H2,1-2H3,(H,16,17). The maximum atomic E-state index is 12.1. The minimum atomic E-state index is -0.982. The summed E-state index contributed by atoms with van der Waals surface area (Å²) in [6.45, 7) is 3.62. The molecule has 0 aromatic carbocycles. The lowest BCUT2D eigenvalue weighted by Gasteiger charge is -2.02. The minimum absolute atomic E-state index is 0.132. The van der Waals surface area contributed by atoms with Crippen molar-refractivity contribution in [1.82, 2.24) is 9.55 Å². The summed E-state index contributed by atoms with van der Waals surface area (Å²) in [7, 11) is 0. The zero-order valence-corrected chi connectivity index (χ0v) is 10.8. The van der Waals surface area contributed by atoms with Crippen LogP contribution in [0.25, 0.3) is 10.2 Å². The van der Waals surface area contributed by atoms with Crippen LogP contribution < -0.4 is 5.56 Å². The van der Waals surface area contributed by atoms with E-state index < -0.39 is 5.97 Å². The topological polar surface area (TPSA) is 72.2 Å². The molecule has 0 aliphatic carbocycles. The lowest BCUT2D eigenvalue weighted by Crippen LogP contribution is -2.19. The van der Waals surface area contributed by atoms with E-state index in [2.05, 4.69) is 4.98 Å². The Kier molecular flexibility index (Phi) is 3.29. The van der Waals surface area contributed by atoms with E-state index in [1.54, 1.807) is 0 Å². The Morgan fingerprint density at radius 3 is 3.00 bits per heavy atom. The van der Waals surface area contributed by atoms with Gasteiger partial charge in [-0.1, -0.05) is 6.08 Å². The molecule has 2 rings (SSSR count). The number of thiophene rings is 1. The first-order valence-electron chi connectivity index (χ1n) is 5.34. The van der Waals surface area contributed by atoms with E-state index in [0.717, 1.165) is 11.1 Å². The van der Waals surface area contributed by atoms with E-state index in [-0.39, 0.29) is 17.7 Å². The number of rotatable bonds is 3. The lowest BCUT2D eigenvalue weighted by atomic mass is 10.3. The molecule has 0 spiro atoms. The number of fused-ring (bicyclic) bond motifs is 1. The van der Waals surface area contributed by atoms with Crippen LogP contribution in [0.3, 0.4) is 0 Å². The highest BCUT2D eigenvalue weighted by Gasteiger charge is 2.08. The van der Waals surface area contributed by atoms with Gasteiger partial charge < -0.3 is 5.11 Å². The third-order valence-electron chi connectivity index (χ3n) is 2.65. The van der Waals surface area contributed by atoms with Crippen LogP contribution in [0.1, 0.15) is 12.5 Å². The maximum absolute atomic E-state index is 12.1. The number of hydrogen-bond acceptors (Lipinski definition) is 4. The Balaban J connectivity index is 2.42. The molecule has 0 radical (unpaired) electrons. The van der Waals surface area contributed by atoms with Crippen molar-refractivity contribution in [2.75, 3.05) is 0 Å². The van der Waals surface area contributed by atoms with Crippen LogP contribution >= 0.6 is 11.3 Å². The SMILES string of the molecule is CC(=CCn1cnc2c(C)csc2c1=O)C(=O)O. The first-order valence-corrected chi connectivity index (χ1v) is 6.22. The quantitative estimate of drug-likeness (QED) is 0.858. The largest absolute Gasteiger partial charge is 0.478 e. The third-order valence-corrected chi connectivity index (χ3v) is 3.73. The monoisotopic (exact) mass is 264 g/mol. The second-order valence-corrected chi connectivity index (χ2v) is 4.87. The van der Waals surface area contributed by atoms with Crippen molar-refractivity contribution in [1.29, 1.82) is 0 Å². The summed E-state index contributed by atoms with van der Waals surface area (Å²) in [6.07, 6.45) is 2.95. The molecule has 0 unspecified atom stereocenters. The molecule has 0 bridgehead atoms. The van der Waals surface area contributed by atoms with Crippen LogP contribution in [0, 0.1) is 6.92 Å². The van der Waals surface area contributed by atoms with Crippen molar-refractivity contribution in [3.63, 3.8) is 0 Å². The summed E-state index contributed by atoms with van der Waals surface area (Å²) < 4.78 is 2.02. The van der Waals surface area contributed by atoms with Gasteiger partial charge in [0.05, 0.1) is 11.8 Å². The van der Waals surface area contributed by atoms with Gasteiger partial charge in [0.2, 0.25) is 0 Å². The third kappa shape index (κ3) is 2.19. The molecule has 18 heavy (non-hydrogen) atoms. The van der Waals surface area contributed by atoms with Crippen LogP contribution in [0.15, 0.2) is 28.2 Å². The Hall–Kier alpha value is -1.95. The molecule has 0 aliphatic heterocycles. The van der Waals surface area contributed by atoms with E-state index in [1.807, 2.05) is 12.3 Å². The average molecular weight is 264 g/mol. The fourth-order valence-corrected chi connectivity index (χ4v) is 2.46. The molecule has 5 nitrogen and oxygen atoms in total. The van der Waals surface area contributed by atoms with Gasteiger partial charge in [-0.3, -0.25) is 9.36 Å². The summed E-state index contributed by atoms with van der Waals surface area (Å²) in [5, 5.41) is 10.6. The molecule has 0 amide bonds. The molecule has 6 heteroatoms. The average Bonchev–Trinajstić information content (AvgIpc) is 2.70. The molecule has 0 atom stereocenters. The van der Waals surface area contributed by atoms with Crippen molar-refractivity contribution in [2.24, 2.45) is 0 Å². The van der Waals surface area contributed by atoms with E-state index in [9.17, 15) is 9.59 Å². The van der Waals surface area contributed by atoms with Gasteiger partial charge in [-0.2, -0.15) is 0 Å². The van der Waals surface area contributed by atoms with Gasteiger partial charge >= 0.3 is 5.97 Å². The van der Waals surface area contributed by atoms with Crippen LogP contribution in [-0.2, 0) is 11.3 Å². The summed E-state index contributed by atoms with van der Waals surface area (Å²) in [5.41, 5.74) is 1.79. The smallest absolute Gasteiger partial charge is 0.331 e. The van der Waals surface area contributed by atoms with Gasteiger partial charge in [0.1, 0.15) is 4.70 Å². The van der Waals surface area contributed by atoms with E-state index >= 15 is 0 Å². The Bertz CT molecular complexity index is 697. The first kappa shape index (κ1) is 12.5. The lowest BCUT2D eigenvalue weighted by molar-refractivity contribution is -0.132. The number of hydrogen-bond donors (Lipinski definition) is 1. The van der Waals surface area contributed by atoms with Gasteiger partial charge in [0, 0.05) is 12.1 Å². The summed E-state index contributed by atoms with van der Waals surface area (Å²) in [5.74, 6) is -0.982. The fourth-order valence-electron chi connectivity index (χ4n) is 1.51. The van der Waals surface area contributed by atoms with Gasteiger partial charge in [-0.05, 0) is 24.8 Å². The molecule has 1 N–H and O–H groups in total. The van der Waals surface area contributed by atoms with Gasteiger partial charge in [0.15, 0.2) is 0 Å². The van der Waals surface area contributed by atoms with Crippen molar-refractivity contribution < 1.29 is 9.90 Å². The number of aromatic nitrogens is 2. The number of allylic oxidation sites excluding steroid dienone is 1. The highest BCUT2D eigenvalue weighted by molar-refractivity contribution is 7.17. The van der Waals surface area contributed by atoms with Crippen molar-refractivity contribution in [2.45, 2.75) is 20.4 Å². The molecule has 2 heterocycles. The zero-order chi connectivity index (χ0) is 13.3. The predicted molar refractivity (Wildman–Crippen MR) is 70.0 cm³/mol. The summed E-state index contributed by atoms with van der Waals surface area (Å²) in [6, 6.07) is 0.